The molecule has 2 fully saturated rings. The summed E-state index contributed by atoms with van der Waals surface area (Å²) in [6, 6.07) is 8.57. The fourth-order valence-corrected chi connectivity index (χ4v) is 4.72. The van der Waals surface area contributed by atoms with Crippen LogP contribution in [0.1, 0.15) is 31.4 Å². The van der Waals surface area contributed by atoms with E-state index >= 15 is 0 Å². The molecule has 0 saturated carbocycles. The third kappa shape index (κ3) is 3.81. The van der Waals surface area contributed by atoms with Gasteiger partial charge in [0.1, 0.15) is 0 Å². The number of hydrogen-bond acceptors (Lipinski definition) is 4. The van der Waals surface area contributed by atoms with E-state index in [-0.39, 0.29) is 23.7 Å². The number of carbonyl (C=O) groups is 2. The van der Waals surface area contributed by atoms with Gasteiger partial charge in [0, 0.05) is 39.3 Å². The largest absolute Gasteiger partial charge is 0.302 e. The SMILES string of the molecule is CC(C)CCN1C[C@@H]2C(=O)N(CCN3CCc4ccccc4C3)C(=O)[C@@H]2C1. The third-order valence-corrected chi connectivity index (χ3v) is 6.43. The molecule has 146 valence electrons. The lowest BCUT2D eigenvalue weighted by Crippen LogP contribution is -2.42. The van der Waals surface area contributed by atoms with Crippen LogP contribution < -0.4 is 0 Å². The fraction of sp³-hybridized carbons (Fsp3) is 0.636. The maximum atomic E-state index is 12.8. The molecule has 0 aliphatic carbocycles. The first-order valence-electron chi connectivity index (χ1n) is 10.4. The molecule has 2 amide bonds. The Hall–Kier alpha value is -1.72. The highest BCUT2D eigenvalue weighted by atomic mass is 16.2. The lowest BCUT2D eigenvalue weighted by atomic mass is 10.00. The van der Waals surface area contributed by atoms with Gasteiger partial charge in [0.2, 0.25) is 11.8 Å². The molecule has 4 rings (SSSR count). The molecule has 0 N–H and O–H groups in total. The van der Waals surface area contributed by atoms with Gasteiger partial charge in [-0.3, -0.25) is 19.4 Å². The van der Waals surface area contributed by atoms with Crippen molar-refractivity contribution in [2.75, 3.05) is 39.3 Å². The first-order chi connectivity index (χ1) is 13.0. The first-order valence-corrected chi connectivity index (χ1v) is 10.4. The molecule has 2 saturated heterocycles. The van der Waals surface area contributed by atoms with Crippen molar-refractivity contribution in [1.82, 2.24) is 14.7 Å². The van der Waals surface area contributed by atoms with E-state index in [0.29, 0.717) is 12.5 Å². The van der Waals surface area contributed by atoms with Crippen LogP contribution in [-0.2, 0) is 22.6 Å². The molecule has 3 aliphatic rings. The third-order valence-electron chi connectivity index (χ3n) is 6.43. The van der Waals surface area contributed by atoms with Crippen LogP contribution in [0.15, 0.2) is 24.3 Å². The Morgan fingerprint density at radius 3 is 2.26 bits per heavy atom. The summed E-state index contributed by atoms with van der Waals surface area (Å²) in [5.74, 6) is 0.574. The van der Waals surface area contributed by atoms with Crippen LogP contribution in [0.25, 0.3) is 0 Å². The van der Waals surface area contributed by atoms with Crippen LogP contribution in [0.5, 0.6) is 0 Å². The van der Waals surface area contributed by atoms with Crippen LogP contribution in [0.2, 0.25) is 0 Å². The van der Waals surface area contributed by atoms with Gasteiger partial charge >= 0.3 is 0 Å². The number of imide groups is 1. The smallest absolute Gasteiger partial charge is 0.234 e. The summed E-state index contributed by atoms with van der Waals surface area (Å²) >= 11 is 0. The lowest BCUT2D eigenvalue weighted by Gasteiger charge is -2.30. The molecular weight excluding hydrogens is 338 g/mol. The molecule has 0 spiro atoms. The summed E-state index contributed by atoms with van der Waals surface area (Å²) in [5.41, 5.74) is 2.80. The van der Waals surface area contributed by atoms with Gasteiger partial charge in [-0.2, -0.15) is 0 Å². The molecule has 1 aromatic rings. The van der Waals surface area contributed by atoms with E-state index in [1.54, 1.807) is 4.90 Å². The van der Waals surface area contributed by atoms with Crippen molar-refractivity contribution in [3.63, 3.8) is 0 Å². The number of rotatable bonds is 6. The summed E-state index contributed by atoms with van der Waals surface area (Å²) in [4.78, 5) is 31.9. The van der Waals surface area contributed by atoms with Gasteiger partial charge in [-0.05, 0) is 36.4 Å². The van der Waals surface area contributed by atoms with Crippen molar-refractivity contribution in [2.24, 2.45) is 17.8 Å². The number of likely N-dealkylation sites (tertiary alicyclic amines) is 2. The van der Waals surface area contributed by atoms with Crippen molar-refractivity contribution in [1.29, 1.82) is 0 Å². The number of fused-ring (bicyclic) bond motifs is 2. The summed E-state index contributed by atoms with van der Waals surface area (Å²) < 4.78 is 0. The second-order valence-corrected chi connectivity index (χ2v) is 8.78. The number of amides is 2. The van der Waals surface area contributed by atoms with Crippen molar-refractivity contribution in [3.8, 4) is 0 Å². The monoisotopic (exact) mass is 369 g/mol. The maximum absolute atomic E-state index is 12.8. The van der Waals surface area contributed by atoms with Crippen molar-refractivity contribution < 1.29 is 9.59 Å². The minimum absolute atomic E-state index is 0.0643. The van der Waals surface area contributed by atoms with E-state index in [9.17, 15) is 9.59 Å². The highest BCUT2D eigenvalue weighted by molar-refractivity contribution is 6.05. The second-order valence-electron chi connectivity index (χ2n) is 8.78. The van der Waals surface area contributed by atoms with Crippen LogP contribution in [-0.4, -0.2) is 65.8 Å². The molecule has 5 heteroatoms. The van der Waals surface area contributed by atoms with Gasteiger partial charge in [0.05, 0.1) is 11.8 Å². The molecule has 0 aromatic heterocycles. The zero-order valence-electron chi connectivity index (χ0n) is 16.6. The second kappa shape index (κ2) is 7.72. The van der Waals surface area contributed by atoms with Gasteiger partial charge in [0.25, 0.3) is 0 Å². The zero-order valence-corrected chi connectivity index (χ0v) is 16.6. The topological polar surface area (TPSA) is 43.9 Å². The predicted molar refractivity (Wildman–Crippen MR) is 105 cm³/mol. The van der Waals surface area contributed by atoms with E-state index in [2.05, 4.69) is 47.9 Å². The molecule has 5 nitrogen and oxygen atoms in total. The number of benzene rings is 1. The summed E-state index contributed by atoms with van der Waals surface area (Å²) in [5, 5.41) is 0. The predicted octanol–water partition coefficient (Wildman–Crippen LogP) is 2.01. The highest BCUT2D eigenvalue weighted by Gasteiger charge is 2.51. The molecule has 2 atom stereocenters. The average Bonchev–Trinajstić information content (AvgIpc) is 3.18. The summed E-state index contributed by atoms with van der Waals surface area (Å²) in [6.45, 7) is 10.2. The Morgan fingerprint density at radius 1 is 0.926 bits per heavy atom. The Morgan fingerprint density at radius 2 is 1.59 bits per heavy atom. The molecule has 3 heterocycles. The number of carbonyl (C=O) groups excluding carboxylic acids is 2. The zero-order chi connectivity index (χ0) is 19.0. The number of hydrogen-bond donors (Lipinski definition) is 0. The Labute approximate surface area is 162 Å². The van der Waals surface area contributed by atoms with Crippen LogP contribution >= 0.6 is 0 Å². The van der Waals surface area contributed by atoms with Gasteiger partial charge in [-0.1, -0.05) is 38.1 Å². The minimum Gasteiger partial charge on any atom is -0.302 e. The van der Waals surface area contributed by atoms with E-state index in [0.717, 1.165) is 52.1 Å². The van der Waals surface area contributed by atoms with Crippen LogP contribution in [0, 0.1) is 17.8 Å². The Kier molecular flexibility index (Phi) is 5.33. The van der Waals surface area contributed by atoms with Gasteiger partial charge in [-0.15, -0.1) is 0 Å². The highest BCUT2D eigenvalue weighted by Crippen LogP contribution is 2.33. The minimum atomic E-state index is -0.105. The molecule has 27 heavy (non-hydrogen) atoms. The first kappa shape index (κ1) is 18.6. The average molecular weight is 370 g/mol. The normalized spacial score (nSPS) is 26.1. The maximum Gasteiger partial charge on any atom is 0.234 e. The van der Waals surface area contributed by atoms with E-state index in [1.807, 2.05) is 0 Å². The van der Waals surface area contributed by atoms with E-state index < -0.39 is 0 Å². The number of nitrogens with zero attached hydrogens (tertiary/aromatic N) is 3. The van der Waals surface area contributed by atoms with Gasteiger partial charge in [-0.25, -0.2) is 0 Å². The molecule has 1 aromatic carbocycles. The molecule has 0 unspecified atom stereocenters. The summed E-state index contributed by atoms with van der Waals surface area (Å²) in [7, 11) is 0. The molecular formula is C22H31N3O2. The van der Waals surface area contributed by atoms with Crippen LogP contribution in [0.4, 0.5) is 0 Å². The van der Waals surface area contributed by atoms with Crippen molar-refractivity contribution >= 4 is 11.8 Å². The molecule has 3 aliphatic heterocycles. The quantitative estimate of drug-likeness (QED) is 0.720. The van der Waals surface area contributed by atoms with Gasteiger partial charge in [0.15, 0.2) is 0 Å². The Bertz CT molecular complexity index is 693. The van der Waals surface area contributed by atoms with Gasteiger partial charge < -0.3 is 4.90 Å². The lowest BCUT2D eigenvalue weighted by molar-refractivity contribution is -0.140. The van der Waals surface area contributed by atoms with E-state index in [4.69, 9.17) is 0 Å². The Balaban J connectivity index is 1.30. The standard InChI is InChI=1S/C22H31N3O2/c1-16(2)7-9-24-14-19-20(15-24)22(27)25(21(19)26)12-11-23-10-8-17-5-3-4-6-18(17)13-23/h3-6,16,19-20H,7-15H2,1-2H3/t19-,20+. The van der Waals surface area contributed by atoms with E-state index in [1.165, 1.54) is 11.1 Å². The van der Waals surface area contributed by atoms with Crippen LogP contribution in [0.3, 0.4) is 0 Å². The fourth-order valence-electron chi connectivity index (χ4n) is 4.72. The molecule has 0 radical (unpaired) electrons. The summed E-state index contributed by atoms with van der Waals surface area (Å²) in [6.07, 6.45) is 2.18. The van der Waals surface area contributed by atoms with Crippen molar-refractivity contribution in [2.45, 2.75) is 33.2 Å². The van der Waals surface area contributed by atoms with Crippen molar-refractivity contribution in [3.05, 3.63) is 35.4 Å². The molecule has 0 bridgehead atoms.